The Balaban J connectivity index is 1.97. The molecule has 0 aliphatic carbocycles. The molecule has 2 N–H and O–H groups in total. The van der Waals surface area contributed by atoms with Crippen molar-refractivity contribution in [2.45, 2.75) is 6.42 Å². The molecule has 84 valence electrons. The third kappa shape index (κ3) is 2.57. The summed E-state index contributed by atoms with van der Waals surface area (Å²) in [4.78, 5) is 26.6. The van der Waals surface area contributed by atoms with E-state index in [1.54, 1.807) is 18.3 Å². The van der Waals surface area contributed by atoms with Gasteiger partial charge < -0.3 is 10.6 Å². The van der Waals surface area contributed by atoms with Crippen molar-refractivity contribution in [2.75, 3.05) is 11.9 Å². The fraction of sp³-hybridized carbons (Fsp3) is 0.300. The molecule has 0 aromatic carbocycles. The predicted octanol–water partition coefficient (Wildman–Crippen LogP) is 0.919. The van der Waals surface area contributed by atoms with E-state index in [4.69, 9.17) is 0 Å². The maximum Gasteiger partial charge on any atom is 0.229 e. The number of anilines is 1. The summed E-state index contributed by atoms with van der Waals surface area (Å²) in [6, 6.07) is 3.49. The Hall–Kier alpha value is -1.43. The lowest BCUT2D eigenvalue weighted by Crippen LogP contribution is -2.24. The normalized spacial score (nSPS) is 19.3. The SMILES string of the molecule is O=C1CC(C(=O)Nc2ccc(Br)nc2)CN1. The van der Waals surface area contributed by atoms with Crippen LogP contribution in [0.4, 0.5) is 5.69 Å². The Bertz CT molecular complexity index is 419. The maximum absolute atomic E-state index is 11.7. The average molecular weight is 284 g/mol. The van der Waals surface area contributed by atoms with E-state index >= 15 is 0 Å². The highest BCUT2D eigenvalue weighted by Gasteiger charge is 2.27. The van der Waals surface area contributed by atoms with E-state index in [1.807, 2.05) is 0 Å². The number of halogens is 1. The number of pyridine rings is 1. The number of hydrogen-bond acceptors (Lipinski definition) is 3. The summed E-state index contributed by atoms with van der Waals surface area (Å²) in [6.45, 7) is 0.411. The van der Waals surface area contributed by atoms with Crippen LogP contribution in [-0.2, 0) is 9.59 Å². The molecule has 2 rings (SSSR count). The van der Waals surface area contributed by atoms with Crippen LogP contribution in [-0.4, -0.2) is 23.3 Å². The minimum absolute atomic E-state index is 0.0749. The number of nitrogens with zero attached hydrogens (tertiary/aromatic N) is 1. The van der Waals surface area contributed by atoms with Gasteiger partial charge in [-0.25, -0.2) is 4.98 Å². The van der Waals surface area contributed by atoms with Crippen molar-refractivity contribution in [3.63, 3.8) is 0 Å². The van der Waals surface area contributed by atoms with Gasteiger partial charge in [0.15, 0.2) is 0 Å². The molecule has 0 bridgehead atoms. The van der Waals surface area contributed by atoms with Gasteiger partial charge in [-0.15, -0.1) is 0 Å². The summed E-state index contributed by atoms with van der Waals surface area (Å²) < 4.78 is 0.711. The molecule has 5 nitrogen and oxygen atoms in total. The Labute approximate surface area is 101 Å². The standard InChI is InChI=1S/C10H10BrN3O2/c11-8-2-1-7(5-12-8)14-10(16)6-3-9(15)13-4-6/h1-2,5-6H,3-4H2,(H,13,15)(H,14,16). The van der Waals surface area contributed by atoms with E-state index in [1.165, 1.54) is 0 Å². The van der Waals surface area contributed by atoms with Crippen molar-refractivity contribution in [1.29, 1.82) is 0 Å². The van der Waals surface area contributed by atoms with Crippen LogP contribution in [0.5, 0.6) is 0 Å². The van der Waals surface area contributed by atoms with Crippen molar-refractivity contribution >= 4 is 33.4 Å². The van der Waals surface area contributed by atoms with Gasteiger partial charge in [-0.1, -0.05) is 0 Å². The van der Waals surface area contributed by atoms with Crippen molar-refractivity contribution in [2.24, 2.45) is 5.92 Å². The topological polar surface area (TPSA) is 71.1 Å². The zero-order chi connectivity index (χ0) is 11.5. The molecule has 1 saturated heterocycles. The van der Waals surface area contributed by atoms with E-state index < -0.39 is 0 Å². The van der Waals surface area contributed by atoms with Gasteiger partial charge in [0.2, 0.25) is 11.8 Å². The van der Waals surface area contributed by atoms with E-state index in [-0.39, 0.29) is 24.2 Å². The molecule has 2 heterocycles. The molecule has 1 aromatic heterocycles. The molecule has 0 radical (unpaired) electrons. The van der Waals surface area contributed by atoms with Crippen molar-refractivity contribution in [3.05, 3.63) is 22.9 Å². The third-order valence-electron chi connectivity index (χ3n) is 2.34. The lowest BCUT2D eigenvalue weighted by Gasteiger charge is -2.08. The second-order valence-electron chi connectivity index (χ2n) is 3.56. The van der Waals surface area contributed by atoms with E-state index in [9.17, 15) is 9.59 Å². The Morgan fingerprint density at radius 1 is 1.56 bits per heavy atom. The number of nitrogens with one attached hydrogen (secondary N) is 2. The van der Waals surface area contributed by atoms with Crippen molar-refractivity contribution < 1.29 is 9.59 Å². The van der Waals surface area contributed by atoms with Crippen LogP contribution in [0.15, 0.2) is 22.9 Å². The van der Waals surface area contributed by atoms with Crippen LogP contribution in [0.2, 0.25) is 0 Å². The van der Waals surface area contributed by atoms with Crippen molar-refractivity contribution in [1.82, 2.24) is 10.3 Å². The number of amides is 2. The highest BCUT2D eigenvalue weighted by molar-refractivity contribution is 9.10. The molecular weight excluding hydrogens is 274 g/mol. The van der Waals surface area contributed by atoms with Gasteiger partial charge >= 0.3 is 0 Å². The number of hydrogen-bond donors (Lipinski definition) is 2. The van der Waals surface area contributed by atoms with Crippen molar-refractivity contribution in [3.8, 4) is 0 Å². The summed E-state index contributed by atoms with van der Waals surface area (Å²) in [5.74, 6) is -0.507. The minimum atomic E-state index is -0.281. The molecular formula is C10H10BrN3O2. The average Bonchev–Trinajstić information content (AvgIpc) is 2.68. The highest BCUT2D eigenvalue weighted by Crippen LogP contribution is 2.14. The van der Waals surface area contributed by atoms with Crippen LogP contribution in [0.25, 0.3) is 0 Å². The Morgan fingerprint density at radius 3 is 2.94 bits per heavy atom. The Morgan fingerprint density at radius 2 is 2.38 bits per heavy atom. The van der Waals surface area contributed by atoms with Gasteiger partial charge in [-0.05, 0) is 28.1 Å². The molecule has 1 aromatic rings. The fourth-order valence-electron chi connectivity index (χ4n) is 1.48. The molecule has 1 aliphatic heterocycles. The summed E-state index contributed by atoms with van der Waals surface area (Å²) >= 11 is 3.21. The molecule has 2 amide bonds. The van der Waals surface area contributed by atoms with E-state index in [0.717, 1.165) is 0 Å². The zero-order valence-electron chi connectivity index (χ0n) is 8.37. The van der Waals surface area contributed by atoms with Crippen LogP contribution in [0, 0.1) is 5.92 Å². The monoisotopic (exact) mass is 283 g/mol. The minimum Gasteiger partial charge on any atom is -0.355 e. The van der Waals surface area contributed by atoms with E-state index in [0.29, 0.717) is 16.8 Å². The first-order valence-electron chi connectivity index (χ1n) is 4.84. The number of carbonyl (C=O) groups is 2. The van der Waals surface area contributed by atoms with Gasteiger partial charge in [0.1, 0.15) is 4.60 Å². The molecule has 1 unspecified atom stereocenters. The quantitative estimate of drug-likeness (QED) is 0.793. The summed E-state index contributed by atoms with van der Waals surface area (Å²) in [5.41, 5.74) is 0.632. The molecule has 0 spiro atoms. The molecule has 1 atom stereocenters. The first-order chi connectivity index (χ1) is 7.65. The van der Waals surface area contributed by atoms with Gasteiger partial charge in [-0.2, -0.15) is 0 Å². The third-order valence-corrected chi connectivity index (χ3v) is 2.81. The first kappa shape index (κ1) is 11.1. The molecule has 1 aliphatic rings. The zero-order valence-corrected chi connectivity index (χ0v) is 9.95. The molecule has 1 fully saturated rings. The Kier molecular flexibility index (Phi) is 3.19. The summed E-state index contributed by atoms with van der Waals surface area (Å²) in [6.07, 6.45) is 1.82. The lowest BCUT2D eigenvalue weighted by molar-refractivity contribution is -0.123. The smallest absolute Gasteiger partial charge is 0.229 e. The number of carbonyl (C=O) groups excluding carboxylic acids is 2. The van der Waals surface area contributed by atoms with Gasteiger partial charge in [-0.3, -0.25) is 9.59 Å². The van der Waals surface area contributed by atoms with Gasteiger partial charge in [0.05, 0.1) is 17.8 Å². The largest absolute Gasteiger partial charge is 0.355 e. The van der Waals surface area contributed by atoms with E-state index in [2.05, 4.69) is 31.5 Å². The molecule has 6 heteroatoms. The van der Waals surface area contributed by atoms with Crippen LogP contribution >= 0.6 is 15.9 Å². The maximum atomic E-state index is 11.7. The summed E-state index contributed by atoms with van der Waals surface area (Å²) in [5, 5.41) is 5.34. The summed E-state index contributed by atoms with van der Waals surface area (Å²) in [7, 11) is 0. The fourth-order valence-corrected chi connectivity index (χ4v) is 1.72. The van der Waals surface area contributed by atoms with Crippen LogP contribution < -0.4 is 10.6 Å². The second kappa shape index (κ2) is 4.61. The molecule has 0 saturated carbocycles. The first-order valence-corrected chi connectivity index (χ1v) is 5.63. The lowest BCUT2D eigenvalue weighted by atomic mass is 10.1. The number of aromatic nitrogens is 1. The van der Waals surface area contributed by atoms with Crippen LogP contribution in [0.1, 0.15) is 6.42 Å². The number of rotatable bonds is 2. The molecule has 16 heavy (non-hydrogen) atoms. The van der Waals surface area contributed by atoms with Gasteiger partial charge in [0.25, 0.3) is 0 Å². The predicted molar refractivity (Wildman–Crippen MR) is 61.7 cm³/mol. The second-order valence-corrected chi connectivity index (χ2v) is 4.38. The van der Waals surface area contributed by atoms with Crippen LogP contribution in [0.3, 0.4) is 0 Å². The highest BCUT2D eigenvalue weighted by atomic mass is 79.9. The van der Waals surface area contributed by atoms with Gasteiger partial charge in [0, 0.05) is 13.0 Å².